The minimum absolute atomic E-state index is 0.167. The van der Waals surface area contributed by atoms with Crippen LogP contribution in [-0.4, -0.2) is 48.4 Å². The molecule has 206 valence electrons. The summed E-state index contributed by atoms with van der Waals surface area (Å²) in [6.07, 6.45) is 4.17. The number of sulfonamides is 1. The Morgan fingerprint density at radius 3 is 2.46 bits per heavy atom. The van der Waals surface area contributed by atoms with E-state index in [-0.39, 0.29) is 17.0 Å². The topological polar surface area (TPSA) is 111 Å². The van der Waals surface area contributed by atoms with Gasteiger partial charge >= 0.3 is 0 Å². The van der Waals surface area contributed by atoms with E-state index in [0.29, 0.717) is 40.4 Å². The molecule has 0 bridgehead atoms. The number of benzene rings is 2. The van der Waals surface area contributed by atoms with Crippen LogP contribution in [0.15, 0.2) is 65.8 Å². The summed E-state index contributed by atoms with van der Waals surface area (Å²) in [5, 5.41) is 9.03. The first-order valence-electron chi connectivity index (χ1n) is 12.2. The first-order valence-corrected chi connectivity index (χ1v) is 14.5. The van der Waals surface area contributed by atoms with E-state index in [2.05, 4.69) is 35.8 Å². The Morgan fingerprint density at radius 1 is 1.03 bits per heavy atom. The maximum absolute atomic E-state index is 12.4. The highest BCUT2D eigenvalue weighted by atomic mass is 35.5. The van der Waals surface area contributed by atoms with Gasteiger partial charge in [-0.05, 0) is 69.7 Å². The van der Waals surface area contributed by atoms with Crippen molar-refractivity contribution < 1.29 is 13.2 Å². The zero-order valence-corrected chi connectivity index (χ0v) is 24.4. The van der Waals surface area contributed by atoms with Gasteiger partial charge in [0, 0.05) is 41.6 Å². The molecule has 4 rings (SSSR count). The first kappa shape index (κ1) is 28.8. The molecule has 0 atom stereocenters. The fraction of sp³-hybridized carbons (Fsp3) is 0.296. The number of ether oxygens (including phenoxy) is 1. The van der Waals surface area contributed by atoms with Crippen molar-refractivity contribution in [3.63, 3.8) is 0 Å². The molecule has 0 fully saturated rings. The third-order valence-corrected chi connectivity index (χ3v) is 7.85. The quantitative estimate of drug-likeness (QED) is 0.223. The largest absolute Gasteiger partial charge is 0.495 e. The summed E-state index contributed by atoms with van der Waals surface area (Å²) in [6.45, 7) is 6.94. The molecule has 0 saturated heterocycles. The van der Waals surface area contributed by atoms with Crippen LogP contribution in [0, 0.1) is 0 Å². The zero-order valence-electron chi connectivity index (χ0n) is 22.1. The van der Waals surface area contributed by atoms with E-state index in [1.165, 1.54) is 12.1 Å². The van der Waals surface area contributed by atoms with Gasteiger partial charge in [-0.25, -0.2) is 23.1 Å². The van der Waals surface area contributed by atoms with Gasteiger partial charge in [-0.15, -0.1) is 0 Å². The van der Waals surface area contributed by atoms with E-state index in [1.54, 1.807) is 31.5 Å². The summed E-state index contributed by atoms with van der Waals surface area (Å²) >= 11 is 12.1. The summed E-state index contributed by atoms with van der Waals surface area (Å²) in [6, 6.07) is 13.4. The molecule has 0 aliphatic carbocycles. The lowest BCUT2D eigenvalue weighted by atomic mass is 10.1. The number of nitrogens with zero attached hydrogens (tertiary/aromatic N) is 4. The fourth-order valence-corrected chi connectivity index (χ4v) is 5.11. The van der Waals surface area contributed by atoms with Crippen molar-refractivity contribution in [2.75, 3.05) is 25.5 Å². The Bertz CT molecular complexity index is 1550. The summed E-state index contributed by atoms with van der Waals surface area (Å²) in [4.78, 5) is 9.20. The highest BCUT2D eigenvalue weighted by Crippen LogP contribution is 2.36. The van der Waals surface area contributed by atoms with Crippen LogP contribution in [0.2, 0.25) is 10.0 Å². The van der Waals surface area contributed by atoms with Crippen LogP contribution in [0.25, 0.3) is 22.5 Å². The zero-order chi connectivity index (χ0) is 28.2. The number of hydrogen-bond donors (Lipinski definition) is 2. The Kier molecular flexibility index (Phi) is 8.80. The minimum Gasteiger partial charge on any atom is -0.495 e. The van der Waals surface area contributed by atoms with E-state index in [4.69, 9.17) is 38.0 Å². The Balaban J connectivity index is 1.48. The van der Waals surface area contributed by atoms with E-state index in [0.717, 1.165) is 16.8 Å². The fourth-order valence-electron chi connectivity index (χ4n) is 3.71. The highest BCUT2D eigenvalue weighted by molar-refractivity contribution is 7.89. The number of rotatable bonds is 10. The Labute approximate surface area is 238 Å². The third kappa shape index (κ3) is 7.07. The van der Waals surface area contributed by atoms with E-state index < -0.39 is 10.0 Å². The van der Waals surface area contributed by atoms with Crippen LogP contribution >= 0.6 is 23.2 Å². The number of methoxy groups -OCH3 is 1. The molecule has 12 heteroatoms. The SMILES string of the molecule is COc1cc(-c2nn(C(C)(C)C)cc2-c2ccnc(NCCCNS(=O)(=O)c3ccc(Cl)cc3)n2)ccc1Cl. The predicted molar refractivity (Wildman–Crippen MR) is 155 cm³/mol. The second-order valence-corrected chi connectivity index (χ2v) is 12.4. The highest BCUT2D eigenvalue weighted by Gasteiger charge is 2.22. The maximum Gasteiger partial charge on any atom is 0.240 e. The molecule has 0 saturated carbocycles. The van der Waals surface area contributed by atoms with Gasteiger partial charge in [0.1, 0.15) is 11.4 Å². The molecule has 0 spiro atoms. The van der Waals surface area contributed by atoms with Gasteiger partial charge in [0.15, 0.2) is 0 Å². The molecule has 39 heavy (non-hydrogen) atoms. The van der Waals surface area contributed by atoms with Gasteiger partial charge in [0.2, 0.25) is 16.0 Å². The van der Waals surface area contributed by atoms with Gasteiger partial charge in [0.25, 0.3) is 0 Å². The van der Waals surface area contributed by atoms with Crippen molar-refractivity contribution in [1.82, 2.24) is 24.5 Å². The molecule has 2 N–H and O–H groups in total. The molecule has 0 radical (unpaired) electrons. The monoisotopic (exact) mass is 588 g/mol. The number of anilines is 1. The summed E-state index contributed by atoms with van der Waals surface area (Å²) < 4.78 is 34.8. The lowest BCUT2D eigenvalue weighted by molar-refractivity contribution is 0.356. The van der Waals surface area contributed by atoms with Crippen molar-refractivity contribution in [2.45, 2.75) is 37.6 Å². The van der Waals surface area contributed by atoms with Gasteiger partial charge < -0.3 is 10.1 Å². The van der Waals surface area contributed by atoms with E-state index in [9.17, 15) is 8.42 Å². The summed E-state index contributed by atoms with van der Waals surface area (Å²) in [5.74, 6) is 0.985. The third-order valence-electron chi connectivity index (χ3n) is 5.81. The normalized spacial score (nSPS) is 11.9. The number of hydrogen-bond acceptors (Lipinski definition) is 7. The Hall–Kier alpha value is -3.18. The number of halogens is 2. The number of nitrogens with one attached hydrogen (secondary N) is 2. The summed E-state index contributed by atoms with van der Waals surface area (Å²) in [5.41, 5.74) is 2.85. The van der Waals surface area contributed by atoms with Gasteiger partial charge in [0.05, 0.1) is 28.3 Å². The molecule has 9 nitrogen and oxygen atoms in total. The second-order valence-electron chi connectivity index (χ2n) is 9.75. The smallest absolute Gasteiger partial charge is 0.240 e. The van der Waals surface area contributed by atoms with E-state index in [1.807, 2.05) is 29.1 Å². The average Bonchev–Trinajstić information content (AvgIpc) is 3.36. The number of aromatic nitrogens is 4. The summed E-state index contributed by atoms with van der Waals surface area (Å²) in [7, 11) is -2.03. The predicted octanol–water partition coefficient (Wildman–Crippen LogP) is 5.86. The standard InChI is InChI=1S/C27H30Cl2N6O3S/c1-27(2,3)35-17-21(25(34-35)18-6-11-22(29)24(16-18)38-4)23-12-15-31-26(33-23)30-13-5-14-32-39(36,37)20-9-7-19(28)8-10-20/h6-12,15-17,32H,5,13-14H2,1-4H3,(H,30,31,33). The van der Waals surface area contributed by atoms with E-state index >= 15 is 0 Å². The van der Waals surface area contributed by atoms with Gasteiger partial charge in [-0.1, -0.05) is 29.3 Å². The van der Waals surface area contributed by atoms with Crippen LogP contribution in [0.5, 0.6) is 5.75 Å². The first-order chi connectivity index (χ1) is 18.5. The second kappa shape index (κ2) is 11.9. The molecule has 0 aliphatic heterocycles. The average molecular weight is 590 g/mol. The van der Waals surface area contributed by atoms with Crippen LogP contribution in [0.4, 0.5) is 5.95 Å². The van der Waals surface area contributed by atoms with Crippen molar-refractivity contribution in [3.05, 3.63) is 71.0 Å². The van der Waals surface area contributed by atoms with Gasteiger partial charge in [-0.3, -0.25) is 4.68 Å². The molecule has 2 aromatic carbocycles. The molecular formula is C27H30Cl2N6O3S. The van der Waals surface area contributed by atoms with Crippen molar-refractivity contribution in [3.8, 4) is 28.3 Å². The van der Waals surface area contributed by atoms with Crippen molar-refractivity contribution in [2.24, 2.45) is 0 Å². The van der Waals surface area contributed by atoms with Gasteiger partial charge in [-0.2, -0.15) is 5.10 Å². The molecule has 2 heterocycles. The lowest BCUT2D eigenvalue weighted by Gasteiger charge is -2.18. The molecule has 0 aliphatic rings. The molecule has 0 amide bonds. The lowest BCUT2D eigenvalue weighted by Crippen LogP contribution is -2.26. The van der Waals surface area contributed by atoms with Crippen LogP contribution in [0.3, 0.4) is 0 Å². The van der Waals surface area contributed by atoms with Crippen LogP contribution in [-0.2, 0) is 15.6 Å². The molecule has 2 aromatic heterocycles. The molecule has 0 unspecified atom stereocenters. The van der Waals surface area contributed by atoms with Crippen molar-refractivity contribution >= 4 is 39.2 Å². The molecular weight excluding hydrogens is 559 g/mol. The Morgan fingerprint density at radius 2 is 1.77 bits per heavy atom. The maximum atomic E-state index is 12.4. The molecule has 4 aromatic rings. The van der Waals surface area contributed by atoms with Crippen LogP contribution in [0.1, 0.15) is 27.2 Å². The van der Waals surface area contributed by atoms with Crippen LogP contribution < -0.4 is 14.8 Å². The minimum atomic E-state index is -3.61. The van der Waals surface area contributed by atoms with Crippen molar-refractivity contribution in [1.29, 1.82) is 0 Å².